The van der Waals surface area contributed by atoms with Gasteiger partial charge in [0.25, 0.3) is 0 Å². The second kappa shape index (κ2) is 5.87. The molecule has 0 aliphatic heterocycles. The molecule has 0 saturated heterocycles. The molecule has 2 nitrogen and oxygen atoms in total. The van der Waals surface area contributed by atoms with E-state index in [4.69, 9.17) is 4.74 Å². The molecule has 0 heterocycles. The highest BCUT2D eigenvalue weighted by atomic mass is 79.9. The first-order valence-electron chi connectivity index (χ1n) is 6.24. The van der Waals surface area contributed by atoms with E-state index in [9.17, 15) is 0 Å². The average Bonchev–Trinajstić information content (AvgIpc) is 2.34. The van der Waals surface area contributed by atoms with Gasteiger partial charge in [-0.3, -0.25) is 0 Å². The number of hydrogen-bond acceptors (Lipinski definition) is 2. The standard InChI is InChI=1S/C14H20BrNO/c1-10-6-7-12(9-14(10)15)16-11-4-3-5-13(8-11)17-2/h6-7,9,11,13,16H,3-5,8H2,1-2H3. The lowest BCUT2D eigenvalue weighted by Gasteiger charge is -2.29. The van der Waals surface area contributed by atoms with Crippen LogP contribution in [0.25, 0.3) is 0 Å². The number of hydrogen-bond donors (Lipinski definition) is 1. The van der Waals surface area contributed by atoms with Crippen LogP contribution in [0.4, 0.5) is 5.69 Å². The van der Waals surface area contributed by atoms with Crippen molar-refractivity contribution in [1.82, 2.24) is 0 Å². The van der Waals surface area contributed by atoms with Crippen LogP contribution in [0.15, 0.2) is 22.7 Å². The van der Waals surface area contributed by atoms with E-state index in [1.807, 2.05) is 7.11 Å². The fraction of sp³-hybridized carbons (Fsp3) is 0.571. The van der Waals surface area contributed by atoms with E-state index in [1.165, 1.54) is 35.0 Å². The Balaban J connectivity index is 1.97. The molecule has 1 aliphatic carbocycles. The number of rotatable bonds is 3. The van der Waals surface area contributed by atoms with Crippen molar-refractivity contribution in [1.29, 1.82) is 0 Å². The van der Waals surface area contributed by atoms with Gasteiger partial charge >= 0.3 is 0 Å². The molecular weight excluding hydrogens is 278 g/mol. The van der Waals surface area contributed by atoms with Gasteiger partial charge in [-0.2, -0.15) is 0 Å². The zero-order valence-electron chi connectivity index (χ0n) is 10.5. The Kier molecular flexibility index (Phi) is 4.46. The lowest BCUT2D eigenvalue weighted by Crippen LogP contribution is -2.30. The number of benzene rings is 1. The van der Waals surface area contributed by atoms with E-state index in [-0.39, 0.29) is 0 Å². The summed E-state index contributed by atoms with van der Waals surface area (Å²) in [5, 5.41) is 3.60. The Labute approximate surface area is 112 Å². The first-order chi connectivity index (χ1) is 8.19. The number of aryl methyl sites for hydroxylation is 1. The second-order valence-corrected chi connectivity index (χ2v) is 5.68. The molecule has 17 heavy (non-hydrogen) atoms. The van der Waals surface area contributed by atoms with Gasteiger partial charge in [0.05, 0.1) is 6.10 Å². The maximum absolute atomic E-state index is 5.45. The molecule has 1 aliphatic rings. The van der Waals surface area contributed by atoms with Gasteiger partial charge in [0, 0.05) is 23.3 Å². The summed E-state index contributed by atoms with van der Waals surface area (Å²) in [5.41, 5.74) is 2.47. The van der Waals surface area contributed by atoms with Crippen LogP contribution in [0.5, 0.6) is 0 Å². The van der Waals surface area contributed by atoms with Gasteiger partial charge in [-0.25, -0.2) is 0 Å². The maximum Gasteiger partial charge on any atom is 0.0590 e. The van der Waals surface area contributed by atoms with Crippen LogP contribution in [0.3, 0.4) is 0 Å². The Morgan fingerprint density at radius 3 is 2.88 bits per heavy atom. The third kappa shape index (κ3) is 3.46. The highest BCUT2D eigenvalue weighted by Gasteiger charge is 2.21. The molecule has 2 rings (SSSR count). The minimum Gasteiger partial charge on any atom is -0.382 e. The lowest BCUT2D eigenvalue weighted by atomic mass is 9.92. The van der Waals surface area contributed by atoms with E-state index in [0.717, 1.165) is 6.42 Å². The molecule has 1 fully saturated rings. The molecule has 1 saturated carbocycles. The van der Waals surface area contributed by atoms with Gasteiger partial charge in [-0.1, -0.05) is 22.0 Å². The second-order valence-electron chi connectivity index (χ2n) is 4.83. The normalized spacial score (nSPS) is 24.6. The molecule has 0 spiro atoms. The third-order valence-electron chi connectivity index (χ3n) is 3.50. The zero-order chi connectivity index (χ0) is 12.3. The predicted octanol–water partition coefficient (Wildman–Crippen LogP) is 4.13. The summed E-state index contributed by atoms with van der Waals surface area (Å²) in [6, 6.07) is 6.99. The first-order valence-corrected chi connectivity index (χ1v) is 7.04. The van der Waals surface area contributed by atoms with Gasteiger partial charge in [-0.05, 0) is 50.3 Å². The van der Waals surface area contributed by atoms with Crippen LogP contribution < -0.4 is 5.32 Å². The molecular formula is C14H20BrNO. The fourth-order valence-electron chi connectivity index (χ4n) is 2.41. The van der Waals surface area contributed by atoms with E-state index >= 15 is 0 Å². The van der Waals surface area contributed by atoms with Crippen molar-refractivity contribution in [2.75, 3.05) is 12.4 Å². The molecule has 1 N–H and O–H groups in total. The van der Waals surface area contributed by atoms with Crippen LogP contribution >= 0.6 is 15.9 Å². The number of anilines is 1. The highest BCUT2D eigenvalue weighted by Crippen LogP contribution is 2.26. The van der Waals surface area contributed by atoms with Crippen LogP contribution in [0, 0.1) is 6.92 Å². The molecule has 0 amide bonds. The molecule has 2 atom stereocenters. The molecule has 0 bridgehead atoms. The average molecular weight is 298 g/mol. The summed E-state index contributed by atoms with van der Waals surface area (Å²) in [7, 11) is 1.81. The summed E-state index contributed by atoms with van der Waals surface area (Å²) >= 11 is 3.57. The topological polar surface area (TPSA) is 21.3 Å². The monoisotopic (exact) mass is 297 g/mol. The molecule has 0 radical (unpaired) electrons. The number of halogens is 1. The maximum atomic E-state index is 5.45. The van der Waals surface area contributed by atoms with E-state index < -0.39 is 0 Å². The van der Waals surface area contributed by atoms with Crippen molar-refractivity contribution in [3.63, 3.8) is 0 Å². The Morgan fingerprint density at radius 2 is 2.18 bits per heavy atom. The SMILES string of the molecule is COC1CCCC(Nc2ccc(C)c(Br)c2)C1. The van der Waals surface area contributed by atoms with Crippen molar-refractivity contribution in [2.24, 2.45) is 0 Å². The van der Waals surface area contributed by atoms with Gasteiger partial charge in [0.2, 0.25) is 0 Å². The minimum atomic E-state index is 0.426. The summed E-state index contributed by atoms with van der Waals surface area (Å²) in [4.78, 5) is 0. The van der Waals surface area contributed by atoms with Crippen molar-refractivity contribution in [3.05, 3.63) is 28.2 Å². The van der Waals surface area contributed by atoms with Gasteiger partial charge in [0.15, 0.2) is 0 Å². The molecule has 1 aromatic carbocycles. The van der Waals surface area contributed by atoms with E-state index in [0.29, 0.717) is 12.1 Å². The van der Waals surface area contributed by atoms with Crippen molar-refractivity contribution >= 4 is 21.6 Å². The van der Waals surface area contributed by atoms with E-state index in [2.05, 4.69) is 46.4 Å². The number of ether oxygens (including phenoxy) is 1. The van der Waals surface area contributed by atoms with Crippen molar-refractivity contribution in [2.45, 2.75) is 44.8 Å². The van der Waals surface area contributed by atoms with Gasteiger partial charge in [0.1, 0.15) is 0 Å². The molecule has 94 valence electrons. The number of methoxy groups -OCH3 is 1. The minimum absolute atomic E-state index is 0.426. The summed E-state index contributed by atoms with van der Waals surface area (Å²) in [6.45, 7) is 2.11. The predicted molar refractivity (Wildman–Crippen MR) is 75.6 cm³/mol. The summed E-state index contributed by atoms with van der Waals surface area (Å²) in [6.07, 6.45) is 5.23. The van der Waals surface area contributed by atoms with Crippen LogP contribution in [-0.2, 0) is 4.74 Å². The van der Waals surface area contributed by atoms with Crippen molar-refractivity contribution < 1.29 is 4.74 Å². The zero-order valence-corrected chi connectivity index (χ0v) is 12.1. The molecule has 0 aromatic heterocycles. The van der Waals surface area contributed by atoms with Crippen LogP contribution in [-0.4, -0.2) is 19.3 Å². The van der Waals surface area contributed by atoms with Crippen molar-refractivity contribution in [3.8, 4) is 0 Å². The summed E-state index contributed by atoms with van der Waals surface area (Å²) in [5.74, 6) is 0. The van der Waals surface area contributed by atoms with Gasteiger partial charge < -0.3 is 10.1 Å². The van der Waals surface area contributed by atoms with Gasteiger partial charge in [-0.15, -0.1) is 0 Å². The molecule has 3 heteroatoms. The molecule has 2 unspecified atom stereocenters. The quantitative estimate of drug-likeness (QED) is 0.906. The fourth-order valence-corrected chi connectivity index (χ4v) is 2.79. The van der Waals surface area contributed by atoms with E-state index in [1.54, 1.807) is 0 Å². The van der Waals surface area contributed by atoms with Crippen LogP contribution in [0.1, 0.15) is 31.2 Å². The smallest absolute Gasteiger partial charge is 0.0590 e. The Bertz CT molecular complexity index is 380. The Hall–Kier alpha value is -0.540. The number of nitrogens with one attached hydrogen (secondary N) is 1. The third-order valence-corrected chi connectivity index (χ3v) is 4.36. The van der Waals surface area contributed by atoms with Crippen LogP contribution in [0.2, 0.25) is 0 Å². The summed E-state index contributed by atoms with van der Waals surface area (Å²) < 4.78 is 6.62. The lowest BCUT2D eigenvalue weighted by molar-refractivity contribution is 0.0669. The largest absolute Gasteiger partial charge is 0.382 e. The highest BCUT2D eigenvalue weighted by molar-refractivity contribution is 9.10. The molecule has 1 aromatic rings. The Morgan fingerprint density at radius 1 is 1.35 bits per heavy atom. The first kappa shape index (κ1) is 12.9.